The van der Waals surface area contributed by atoms with E-state index >= 15 is 0 Å². The first-order valence-corrected chi connectivity index (χ1v) is 28.5. The highest BCUT2D eigenvalue weighted by Gasteiger charge is 2.23. The summed E-state index contributed by atoms with van der Waals surface area (Å²) in [5.74, 6) is -0.214. The molecule has 0 aromatic carbocycles. The van der Waals surface area contributed by atoms with Crippen LogP contribution in [-0.2, 0) is 18.4 Å². The molecule has 3 unspecified atom stereocenters. The van der Waals surface area contributed by atoms with Gasteiger partial charge in [-0.05, 0) is 70.6 Å². The number of aliphatic hydroxyl groups excluding tert-OH is 1. The molecule has 0 rings (SSSR count). The summed E-state index contributed by atoms with van der Waals surface area (Å²) in [6, 6.07) is -0.912. The van der Waals surface area contributed by atoms with E-state index in [1.54, 1.807) is 6.08 Å². The van der Waals surface area contributed by atoms with Crippen LogP contribution in [0.5, 0.6) is 0 Å². The van der Waals surface area contributed by atoms with Crippen LogP contribution in [0.1, 0.15) is 245 Å². The Bertz CT molecular complexity index is 1180. The summed E-state index contributed by atoms with van der Waals surface area (Å²) in [6.07, 6.45) is 60.4. The van der Waals surface area contributed by atoms with Crippen LogP contribution in [0.2, 0.25) is 0 Å². The molecule has 8 nitrogen and oxygen atoms in total. The van der Waals surface area contributed by atoms with Crippen molar-refractivity contribution in [3.05, 3.63) is 48.6 Å². The maximum Gasteiger partial charge on any atom is 0.268 e. The van der Waals surface area contributed by atoms with E-state index in [0.717, 1.165) is 44.9 Å². The molecule has 0 spiro atoms. The van der Waals surface area contributed by atoms with Gasteiger partial charge in [0, 0.05) is 6.42 Å². The average molecular weight is 921 g/mol. The minimum atomic E-state index is -4.61. The molecule has 1 amide bonds. The Morgan fingerprint density at radius 1 is 0.531 bits per heavy atom. The van der Waals surface area contributed by atoms with E-state index in [-0.39, 0.29) is 12.5 Å². The van der Waals surface area contributed by atoms with Gasteiger partial charge in [0.25, 0.3) is 7.82 Å². The van der Waals surface area contributed by atoms with E-state index in [1.807, 2.05) is 27.2 Å². The average Bonchev–Trinajstić information content (AvgIpc) is 3.25. The van der Waals surface area contributed by atoms with Gasteiger partial charge < -0.3 is 28.8 Å². The zero-order valence-corrected chi connectivity index (χ0v) is 43.6. The molecule has 64 heavy (non-hydrogen) atoms. The molecular formula is C55H105N2O6P. The Hall–Kier alpha value is -1.54. The lowest BCUT2D eigenvalue weighted by atomic mass is 10.0. The van der Waals surface area contributed by atoms with Crippen molar-refractivity contribution >= 4 is 13.7 Å². The summed E-state index contributed by atoms with van der Waals surface area (Å²) in [5, 5.41) is 13.8. The summed E-state index contributed by atoms with van der Waals surface area (Å²) in [4.78, 5) is 25.4. The number of rotatable bonds is 49. The largest absolute Gasteiger partial charge is 0.756 e. The number of phosphoric acid groups is 1. The van der Waals surface area contributed by atoms with Crippen LogP contribution in [0.3, 0.4) is 0 Å². The Kier molecular flexibility index (Phi) is 45.4. The molecule has 0 heterocycles. The molecule has 0 aliphatic carbocycles. The number of hydrogen-bond acceptors (Lipinski definition) is 6. The third-order valence-electron chi connectivity index (χ3n) is 12.0. The van der Waals surface area contributed by atoms with E-state index in [4.69, 9.17) is 9.05 Å². The van der Waals surface area contributed by atoms with Crippen molar-refractivity contribution < 1.29 is 32.9 Å². The molecule has 0 aromatic heterocycles. The molecular weight excluding hydrogens is 816 g/mol. The first-order valence-electron chi connectivity index (χ1n) is 27.0. The molecule has 0 aromatic rings. The van der Waals surface area contributed by atoms with Gasteiger partial charge in [-0.1, -0.05) is 217 Å². The number of nitrogens with zero attached hydrogens (tertiary/aromatic N) is 1. The molecule has 0 radical (unpaired) electrons. The van der Waals surface area contributed by atoms with Gasteiger partial charge in [-0.2, -0.15) is 0 Å². The second-order valence-electron chi connectivity index (χ2n) is 19.6. The molecule has 0 saturated carbocycles. The van der Waals surface area contributed by atoms with Crippen molar-refractivity contribution in [1.82, 2.24) is 5.32 Å². The van der Waals surface area contributed by atoms with Crippen molar-refractivity contribution in [2.75, 3.05) is 40.9 Å². The van der Waals surface area contributed by atoms with Crippen LogP contribution in [0.4, 0.5) is 0 Å². The Morgan fingerprint density at radius 3 is 1.27 bits per heavy atom. The number of allylic oxidation sites excluding steroid dienone is 7. The highest BCUT2D eigenvalue weighted by molar-refractivity contribution is 7.45. The van der Waals surface area contributed by atoms with Crippen LogP contribution < -0.4 is 10.2 Å². The highest BCUT2D eigenvalue weighted by Crippen LogP contribution is 2.38. The molecule has 0 bridgehead atoms. The molecule has 376 valence electrons. The molecule has 9 heteroatoms. The number of nitrogens with one attached hydrogen (secondary N) is 1. The van der Waals surface area contributed by atoms with Crippen molar-refractivity contribution in [3.8, 4) is 0 Å². The van der Waals surface area contributed by atoms with Crippen molar-refractivity contribution in [1.29, 1.82) is 0 Å². The number of aliphatic hydroxyl groups is 1. The standard InChI is InChI=1S/C55H105N2O6P/c1-6-8-10-12-14-16-18-20-22-24-26-27-28-29-30-31-33-35-37-39-41-43-45-47-49-55(59)56-53(52-63-64(60,61)62-51-50-57(3,4)5)54(58)48-46-44-42-40-38-36-34-32-25-23-21-19-17-15-13-11-9-7-2/h25,29-30,32,38,40,46,48,53-54,58H,6-24,26-28,31,33-37,39,41-45,47,49-52H2,1-5H3,(H-,56,59,60,61)/b30-29-,32-25+,40-38+,48-46+. The first kappa shape index (κ1) is 62.5. The fraction of sp³-hybridized carbons (Fsp3) is 0.836. The second kappa shape index (κ2) is 46.6. The number of amides is 1. The number of unbranched alkanes of at least 4 members (excludes halogenated alkanes) is 30. The van der Waals surface area contributed by atoms with Gasteiger partial charge in [0.15, 0.2) is 0 Å². The minimum absolute atomic E-state index is 0.0101. The lowest BCUT2D eigenvalue weighted by Crippen LogP contribution is -2.45. The lowest BCUT2D eigenvalue weighted by molar-refractivity contribution is -0.870. The number of carbonyl (C=O) groups excluding carboxylic acids is 1. The van der Waals surface area contributed by atoms with Crippen molar-refractivity contribution in [2.24, 2.45) is 0 Å². The topological polar surface area (TPSA) is 108 Å². The predicted octanol–water partition coefficient (Wildman–Crippen LogP) is 15.3. The molecule has 0 aliphatic heterocycles. The predicted molar refractivity (Wildman–Crippen MR) is 274 cm³/mol. The van der Waals surface area contributed by atoms with Crippen LogP contribution in [0.25, 0.3) is 0 Å². The minimum Gasteiger partial charge on any atom is -0.756 e. The maximum absolute atomic E-state index is 12.9. The molecule has 2 N–H and O–H groups in total. The zero-order valence-electron chi connectivity index (χ0n) is 42.7. The third kappa shape index (κ3) is 48.4. The van der Waals surface area contributed by atoms with Gasteiger partial charge in [-0.3, -0.25) is 9.36 Å². The molecule has 0 saturated heterocycles. The van der Waals surface area contributed by atoms with Gasteiger partial charge in [0.2, 0.25) is 5.91 Å². The fourth-order valence-electron chi connectivity index (χ4n) is 7.71. The number of phosphoric ester groups is 1. The van der Waals surface area contributed by atoms with E-state index in [1.165, 1.54) is 180 Å². The second-order valence-corrected chi connectivity index (χ2v) is 21.0. The van der Waals surface area contributed by atoms with Crippen LogP contribution in [0.15, 0.2) is 48.6 Å². The van der Waals surface area contributed by atoms with Gasteiger partial charge in [0.05, 0.1) is 39.9 Å². The summed E-state index contributed by atoms with van der Waals surface area (Å²) < 4.78 is 23.3. The summed E-state index contributed by atoms with van der Waals surface area (Å²) in [5.41, 5.74) is 0. The zero-order chi connectivity index (χ0) is 47.1. The van der Waals surface area contributed by atoms with Crippen LogP contribution in [-0.4, -0.2) is 68.5 Å². The number of quaternary nitrogens is 1. The highest BCUT2D eigenvalue weighted by atomic mass is 31.2. The quantitative estimate of drug-likeness (QED) is 0.0272. The normalized spacial score (nSPS) is 14.4. The monoisotopic (exact) mass is 921 g/mol. The van der Waals surface area contributed by atoms with Crippen LogP contribution in [0, 0.1) is 0 Å². The smallest absolute Gasteiger partial charge is 0.268 e. The summed E-state index contributed by atoms with van der Waals surface area (Å²) in [7, 11) is 1.23. The van der Waals surface area contributed by atoms with E-state index in [0.29, 0.717) is 17.4 Å². The fourth-order valence-corrected chi connectivity index (χ4v) is 8.43. The third-order valence-corrected chi connectivity index (χ3v) is 13.0. The van der Waals surface area contributed by atoms with Gasteiger partial charge >= 0.3 is 0 Å². The lowest BCUT2D eigenvalue weighted by Gasteiger charge is -2.29. The summed E-state index contributed by atoms with van der Waals surface area (Å²) in [6.45, 7) is 4.63. The van der Waals surface area contributed by atoms with Crippen LogP contribution >= 0.6 is 7.82 Å². The molecule has 3 atom stereocenters. The number of carbonyl (C=O) groups is 1. The SMILES string of the molecule is CCCCCCCCCC/C=C/CC/C=C/CC/C=C/C(O)C(COP(=O)([O-])OCC[N+](C)(C)C)NC(=O)CCCCCCCCCC/C=C\CCCCCCCCCCCCCC. The van der Waals surface area contributed by atoms with E-state index in [9.17, 15) is 19.4 Å². The molecule has 0 fully saturated rings. The Labute approximate surface area is 397 Å². The van der Waals surface area contributed by atoms with Crippen molar-refractivity contribution in [3.63, 3.8) is 0 Å². The maximum atomic E-state index is 12.9. The number of hydrogen-bond donors (Lipinski definition) is 2. The van der Waals surface area contributed by atoms with E-state index < -0.39 is 26.6 Å². The molecule has 0 aliphatic rings. The Morgan fingerprint density at radius 2 is 0.875 bits per heavy atom. The van der Waals surface area contributed by atoms with Gasteiger partial charge in [-0.25, -0.2) is 0 Å². The Balaban J connectivity index is 4.31. The van der Waals surface area contributed by atoms with Gasteiger partial charge in [-0.15, -0.1) is 0 Å². The summed E-state index contributed by atoms with van der Waals surface area (Å²) >= 11 is 0. The van der Waals surface area contributed by atoms with E-state index in [2.05, 4.69) is 55.6 Å². The van der Waals surface area contributed by atoms with Crippen molar-refractivity contribution in [2.45, 2.75) is 257 Å². The van der Waals surface area contributed by atoms with Gasteiger partial charge in [0.1, 0.15) is 13.2 Å². The first-order chi connectivity index (χ1) is 31.0. The number of likely N-dealkylation sites (N-methyl/N-ethyl adjacent to an activating group) is 1.